The number of rotatable bonds is 8. The van der Waals surface area contributed by atoms with Crippen molar-refractivity contribution in [2.75, 3.05) is 19.7 Å². The number of benzene rings is 1. The second-order valence-electron chi connectivity index (χ2n) is 5.48. The lowest BCUT2D eigenvalue weighted by Gasteiger charge is -2.08. The molecule has 1 aromatic rings. The van der Waals surface area contributed by atoms with Crippen molar-refractivity contribution in [2.24, 2.45) is 0 Å². The van der Waals surface area contributed by atoms with Gasteiger partial charge < -0.3 is 15.4 Å². The average molecular weight is 320 g/mol. The van der Waals surface area contributed by atoms with Crippen molar-refractivity contribution in [1.29, 1.82) is 0 Å². The molecule has 0 saturated heterocycles. The SMILES string of the molecule is CCCNC(=O)CNC(=O)COC(=O)c1ccc(C(C)C)cc1. The number of nitrogens with one attached hydrogen (secondary N) is 2. The van der Waals surface area contributed by atoms with Gasteiger partial charge in [0.05, 0.1) is 12.1 Å². The van der Waals surface area contributed by atoms with Gasteiger partial charge in [-0.25, -0.2) is 4.79 Å². The molecule has 1 rings (SSSR count). The molecule has 126 valence electrons. The number of amides is 2. The second-order valence-corrected chi connectivity index (χ2v) is 5.48. The van der Waals surface area contributed by atoms with Crippen LogP contribution in [0.15, 0.2) is 24.3 Å². The Morgan fingerprint density at radius 3 is 2.26 bits per heavy atom. The van der Waals surface area contributed by atoms with E-state index in [4.69, 9.17) is 4.74 Å². The smallest absolute Gasteiger partial charge is 0.338 e. The molecule has 0 fully saturated rings. The molecule has 0 saturated carbocycles. The standard InChI is InChI=1S/C17H24N2O4/c1-4-9-18-15(20)10-19-16(21)11-23-17(22)14-7-5-13(6-8-14)12(2)3/h5-8,12H,4,9-11H2,1-3H3,(H,18,20)(H,19,21). The fourth-order valence-corrected chi connectivity index (χ4v) is 1.78. The highest BCUT2D eigenvalue weighted by Gasteiger charge is 2.11. The third-order valence-electron chi connectivity index (χ3n) is 3.17. The van der Waals surface area contributed by atoms with Gasteiger partial charge in [-0.15, -0.1) is 0 Å². The van der Waals surface area contributed by atoms with Gasteiger partial charge in [0.1, 0.15) is 0 Å². The maximum absolute atomic E-state index is 11.8. The fraction of sp³-hybridized carbons (Fsp3) is 0.471. The van der Waals surface area contributed by atoms with Crippen molar-refractivity contribution in [3.05, 3.63) is 35.4 Å². The van der Waals surface area contributed by atoms with Crippen LogP contribution < -0.4 is 10.6 Å². The van der Waals surface area contributed by atoms with Crippen LogP contribution in [0.2, 0.25) is 0 Å². The predicted molar refractivity (Wildman–Crippen MR) is 87.1 cm³/mol. The van der Waals surface area contributed by atoms with Crippen molar-refractivity contribution >= 4 is 17.8 Å². The minimum atomic E-state index is -0.564. The summed E-state index contributed by atoms with van der Waals surface area (Å²) in [4.78, 5) is 34.7. The summed E-state index contributed by atoms with van der Waals surface area (Å²) in [7, 11) is 0. The highest BCUT2D eigenvalue weighted by Crippen LogP contribution is 2.15. The molecular formula is C17H24N2O4. The van der Waals surface area contributed by atoms with E-state index in [-0.39, 0.29) is 12.5 Å². The number of carbonyl (C=O) groups is 3. The number of hydrogen-bond donors (Lipinski definition) is 2. The van der Waals surface area contributed by atoms with Gasteiger partial charge in [0.25, 0.3) is 5.91 Å². The third-order valence-corrected chi connectivity index (χ3v) is 3.17. The first-order valence-corrected chi connectivity index (χ1v) is 7.74. The Bertz CT molecular complexity index is 538. The molecule has 0 aliphatic rings. The average Bonchev–Trinajstić information content (AvgIpc) is 2.55. The Kier molecular flexibility index (Phi) is 7.80. The van der Waals surface area contributed by atoms with Crippen molar-refractivity contribution in [3.8, 4) is 0 Å². The fourth-order valence-electron chi connectivity index (χ4n) is 1.78. The first kappa shape index (κ1) is 18.7. The molecular weight excluding hydrogens is 296 g/mol. The summed E-state index contributed by atoms with van der Waals surface area (Å²) in [6.45, 7) is 6.09. The van der Waals surface area contributed by atoms with E-state index in [1.54, 1.807) is 12.1 Å². The molecule has 0 bridgehead atoms. The van der Waals surface area contributed by atoms with Crippen molar-refractivity contribution < 1.29 is 19.1 Å². The van der Waals surface area contributed by atoms with E-state index < -0.39 is 18.5 Å². The van der Waals surface area contributed by atoms with Crippen LogP contribution in [0.4, 0.5) is 0 Å². The summed E-state index contributed by atoms with van der Waals surface area (Å²) in [5, 5.41) is 5.03. The summed E-state index contributed by atoms with van der Waals surface area (Å²) in [5.74, 6) is -0.963. The van der Waals surface area contributed by atoms with E-state index in [9.17, 15) is 14.4 Å². The highest BCUT2D eigenvalue weighted by molar-refractivity contribution is 5.92. The van der Waals surface area contributed by atoms with Crippen LogP contribution in [-0.2, 0) is 14.3 Å². The number of carbonyl (C=O) groups excluding carboxylic acids is 3. The topological polar surface area (TPSA) is 84.5 Å². The van der Waals surface area contributed by atoms with Gasteiger partial charge in [0.2, 0.25) is 5.91 Å². The molecule has 6 heteroatoms. The molecule has 0 spiro atoms. The Hall–Kier alpha value is -2.37. The summed E-state index contributed by atoms with van der Waals surface area (Å²) in [5.41, 5.74) is 1.51. The third kappa shape index (κ3) is 6.95. The summed E-state index contributed by atoms with van der Waals surface area (Å²) >= 11 is 0. The molecule has 2 N–H and O–H groups in total. The lowest BCUT2D eigenvalue weighted by molar-refractivity contribution is -0.127. The molecule has 0 atom stereocenters. The van der Waals surface area contributed by atoms with Gasteiger partial charge in [-0.1, -0.05) is 32.9 Å². The van der Waals surface area contributed by atoms with Crippen molar-refractivity contribution in [2.45, 2.75) is 33.1 Å². The van der Waals surface area contributed by atoms with Crippen LogP contribution in [0.3, 0.4) is 0 Å². The quantitative estimate of drug-likeness (QED) is 0.713. The summed E-state index contributed by atoms with van der Waals surface area (Å²) in [6, 6.07) is 7.07. The minimum Gasteiger partial charge on any atom is -0.452 e. The number of hydrogen-bond acceptors (Lipinski definition) is 4. The normalized spacial score (nSPS) is 10.3. The van der Waals surface area contributed by atoms with Gasteiger partial charge in [0, 0.05) is 6.54 Å². The molecule has 0 aromatic heterocycles. The molecule has 0 aliphatic heterocycles. The molecule has 0 heterocycles. The van der Waals surface area contributed by atoms with E-state index in [2.05, 4.69) is 24.5 Å². The predicted octanol–water partition coefficient (Wildman–Crippen LogP) is 1.61. The molecule has 0 aliphatic carbocycles. The Morgan fingerprint density at radius 1 is 1.04 bits per heavy atom. The lowest BCUT2D eigenvalue weighted by atomic mass is 10.0. The molecule has 6 nitrogen and oxygen atoms in total. The molecule has 0 unspecified atom stereocenters. The molecule has 0 radical (unpaired) electrons. The summed E-state index contributed by atoms with van der Waals surface area (Å²) in [6.07, 6.45) is 0.826. The highest BCUT2D eigenvalue weighted by atomic mass is 16.5. The zero-order valence-corrected chi connectivity index (χ0v) is 13.8. The summed E-state index contributed by atoms with van der Waals surface area (Å²) < 4.78 is 4.92. The van der Waals surface area contributed by atoms with E-state index in [0.717, 1.165) is 12.0 Å². The van der Waals surface area contributed by atoms with Gasteiger partial charge >= 0.3 is 5.97 Å². The van der Waals surface area contributed by atoms with Crippen LogP contribution in [0.5, 0.6) is 0 Å². The monoisotopic (exact) mass is 320 g/mol. The van der Waals surface area contributed by atoms with Crippen LogP contribution in [-0.4, -0.2) is 37.5 Å². The van der Waals surface area contributed by atoms with Crippen LogP contribution in [0.1, 0.15) is 49.0 Å². The van der Waals surface area contributed by atoms with Gasteiger partial charge in [-0.05, 0) is 30.0 Å². The molecule has 2 amide bonds. The van der Waals surface area contributed by atoms with Crippen LogP contribution >= 0.6 is 0 Å². The molecule has 23 heavy (non-hydrogen) atoms. The lowest BCUT2D eigenvalue weighted by Crippen LogP contribution is -2.38. The maximum atomic E-state index is 11.8. The Balaban J connectivity index is 2.34. The van der Waals surface area contributed by atoms with E-state index in [0.29, 0.717) is 18.0 Å². The van der Waals surface area contributed by atoms with E-state index >= 15 is 0 Å². The zero-order chi connectivity index (χ0) is 17.2. The van der Waals surface area contributed by atoms with Gasteiger partial charge in [0.15, 0.2) is 6.61 Å². The van der Waals surface area contributed by atoms with Crippen LogP contribution in [0, 0.1) is 0 Å². The second kappa shape index (κ2) is 9.61. The number of esters is 1. The van der Waals surface area contributed by atoms with Crippen LogP contribution in [0.25, 0.3) is 0 Å². The van der Waals surface area contributed by atoms with Gasteiger partial charge in [-0.2, -0.15) is 0 Å². The maximum Gasteiger partial charge on any atom is 0.338 e. The first-order chi connectivity index (χ1) is 10.9. The minimum absolute atomic E-state index is 0.126. The first-order valence-electron chi connectivity index (χ1n) is 7.74. The Morgan fingerprint density at radius 2 is 1.70 bits per heavy atom. The number of ether oxygens (including phenoxy) is 1. The largest absolute Gasteiger partial charge is 0.452 e. The van der Waals surface area contributed by atoms with Crippen molar-refractivity contribution in [1.82, 2.24) is 10.6 Å². The molecule has 1 aromatic carbocycles. The zero-order valence-electron chi connectivity index (χ0n) is 13.8. The van der Waals surface area contributed by atoms with E-state index in [1.807, 2.05) is 19.1 Å². The van der Waals surface area contributed by atoms with E-state index in [1.165, 1.54) is 0 Å². The van der Waals surface area contributed by atoms with Crippen molar-refractivity contribution in [3.63, 3.8) is 0 Å². The van der Waals surface area contributed by atoms with Gasteiger partial charge in [-0.3, -0.25) is 9.59 Å². The Labute approximate surface area is 136 Å².